The molecule has 3 nitrogen and oxygen atoms in total. The summed E-state index contributed by atoms with van der Waals surface area (Å²) in [6, 6.07) is 0.773. The molecule has 0 amide bonds. The maximum absolute atomic E-state index is 11.9. The van der Waals surface area contributed by atoms with Gasteiger partial charge in [0.15, 0.2) is 0 Å². The lowest BCUT2D eigenvalue weighted by Crippen LogP contribution is -2.42. The predicted octanol–water partition coefficient (Wildman–Crippen LogP) is 2.08. The van der Waals surface area contributed by atoms with Crippen molar-refractivity contribution in [1.82, 2.24) is 9.57 Å². The molecule has 2 fully saturated rings. The van der Waals surface area contributed by atoms with E-state index in [2.05, 4.69) is 9.57 Å². The molecule has 0 bridgehead atoms. The number of piperidine rings is 1. The quantitative estimate of drug-likeness (QED) is 0.679. The molecule has 2 aliphatic rings. The summed E-state index contributed by atoms with van der Waals surface area (Å²) in [6.07, 6.45) is 5.18. The second kappa shape index (κ2) is 4.57. The fourth-order valence-corrected chi connectivity index (χ4v) is 4.00. The van der Waals surface area contributed by atoms with Crippen molar-refractivity contribution in [3.05, 3.63) is 0 Å². The number of hydrogen-bond donors (Lipinski definition) is 0. The molecule has 0 radical (unpaired) electrons. The van der Waals surface area contributed by atoms with Gasteiger partial charge in [-0.1, -0.05) is 0 Å². The Kier molecular flexibility index (Phi) is 3.54. The normalized spacial score (nSPS) is 27.3. The highest BCUT2D eigenvalue weighted by Gasteiger charge is 2.29. The lowest BCUT2D eigenvalue weighted by Gasteiger charge is -2.38. The van der Waals surface area contributed by atoms with Crippen LogP contribution in [0.3, 0.4) is 0 Å². The highest BCUT2D eigenvalue weighted by molar-refractivity contribution is 7.59. The van der Waals surface area contributed by atoms with Gasteiger partial charge >= 0.3 is 0 Å². The van der Waals surface area contributed by atoms with Crippen LogP contribution in [0.15, 0.2) is 0 Å². The number of likely N-dealkylation sites (tertiary alicyclic amines) is 1. The largest absolute Gasteiger partial charge is 0.307 e. The van der Waals surface area contributed by atoms with Crippen LogP contribution in [0.25, 0.3) is 0 Å². The molecule has 0 saturated carbocycles. The zero-order chi connectivity index (χ0) is 10.9. The molecule has 0 aromatic heterocycles. The molecule has 15 heavy (non-hydrogen) atoms. The SMILES string of the molecule is CP(C)(=O)N1CCC(N2CCCC2)CC1. The zero-order valence-corrected chi connectivity index (χ0v) is 10.9. The van der Waals surface area contributed by atoms with E-state index in [1.165, 1.54) is 38.8 Å². The van der Waals surface area contributed by atoms with Gasteiger partial charge in [-0.15, -0.1) is 0 Å². The van der Waals surface area contributed by atoms with Crippen molar-refractivity contribution >= 4 is 7.29 Å². The standard InChI is InChI=1S/C11H23N2OP/c1-15(2,14)13-9-5-11(6-10-13)12-7-3-4-8-12/h11H,3-10H2,1-2H3. The van der Waals surface area contributed by atoms with E-state index >= 15 is 0 Å². The van der Waals surface area contributed by atoms with Crippen LogP contribution in [0, 0.1) is 0 Å². The van der Waals surface area contributed by atoms with E-state index in [0.717, 1.165) is 19.1 Å². The molecular weight excluding hydrogens is 207 g/mol. The average molecular weight is 230 g/mol. The Balaban J connectivity index is 1.84. The minimum atomic E-state index is -1.98. The van der Waals surface area contributed by atoms with Crippen molar-refractivity contribution < 1.29 is 4.57 Å². The highest BCUT2D eigenvalue weighted by atomic mass is 31.2. The van der Waals surface area contributed by atoms with Crippen molar-refractivity contribution in [3.63, 3.8) is 0 Å². The van der Waals surface area contributed by atoms with Crippen molar-refractivity contribution in [3.8, 4) is 0 Å². The summed E-state index contributed by atoms with van der Waals surface area (Å²) >= 11 is 0. The first-order valence-corrected chi connectivity index (χ1v) is 8.67. The molecule has 0 aromatic rings. The second-order valence-electron chi connectivity index (χ2n) is 5.22. The van der Waals surface area contributed by atoms with Crippen LogP contribution in [-0.2, 0) is 4.57 Å². The first kappa shape index (κ1) is 11.6. The lowest BCUT2D eigenvalue weighted by atomic mass is 10.1. The Morgan fingerprint density at radius 3 is 2.00 bits per heavy atom. The Morgan fingerprint density at radius 1 is 1.00 bits per heavy atom. The summed E-state index contributed by atoms with van der Waals surface area (Å²) < 4.78 is 14.1. The van der Waals surface area contributed by atoms with Crippen molar-refractivity contribution in [1.29, 1.82) is 0 Å². The third-order valence-electron chi connectivity index (χ3n) is 3.78. The van der Waals surface area contributed by atoms with E-state index in [0.29, 0.717) is 0 Å². The summed E-state index contributed by atoms with van der Waals surface area (Å²) in [5, 5.41) is 0. The Morgan fingerprint density at radius 2 is 1.53 bits per heavy atom. The maximum Gasteiger partial charge on any atom is 0.144 e. The second-order valence-corrected chi connectivity index (χ2v) is 8.38. The minimum absolute atomic E-state index is 0.773. The third-order valence-corrected chi connectivity index (χ3v) is 5.54. The Labute approximate surface area is 93.2 Å². The predicted molar refractivity (Wildman–Crippen MR) is 64.9 cm³/mol. The number of hydrogen-bond acceptors (Lipinski definition) is 2. The molecule has 2 saturated heterocycles. The Hall–Kier alpha value is 0.150. The molecule has 0 unspecified atom stereocenters. The van der Waals surface area contributed by atoms with Crippen LogP contribution in [0.4, 0.5) is 0 Å². The fourth-order valence-electron chi connectivity index (χ4n) is 2.81. The molecule has 0 aromatic carbocycles. The summed E-state index contributed by atoms with van der Waals surface area (Å²) in [5.74, 6) is 0. The van der Waals surface area contributed by atoms with Crippen LogP contribution in [0.2, 0.25) is 0 Å². The van der Waals surface area contributed by atoms with Crippen LogP contribution < -0.4 is 0 Å². The van der Waals surface area contributed by atoms with Crippen LogP contribution >= 0.6 is 7.29 Å². The van der Waals surface area contributed by atoms with Crippen LogP contribution in [0.5, 0.6) is 0 Å². The van der Waals surface area contributed by atoms with Gasteiger partial charge in [0.05, 0.1) is 0 Å². The molecule has 88 valence electrons. The molecule has 0 atom stereocenters. The topological polar surface area (TPSA) is 23.6 Å². The van der Waals surface area contributed by atoms with Crippen molar-refractivity contribution in [2.45, 2.75) is 31.7 Å². The van der Waals surface area contributed by atoms with E-state index < -0.39 is 7.29 Å². The highest BCUT2D eigenvalue weighted by Crippen LogP contribution is 2.43. The van der Waals surface area contributed by atoms with E-state index in [9.17, 15) is 4.57 Å². The number of rotatable bonds is 2. The van der Waals surface area contributed by atoms with Gasteiger partial charge in [-0.25, -0.2) is 0 Å². The van der Waals surface area contributed by atoms with Gasteiger partial charge in [-0.05, 0) is 38.8 Å². The molecule has 4 heteroatoms. The van der Waals surface area contributed by atoms with Gasteiger partial charge in [-0.2, -0.15) is 0 Å². The fraction of sp³-hybridized carbons (Fsp3) is 1.00. The molecule has 0 N–H and O–H groups in total. The molecule has 0 spiro atoms. The van der Waals surface area contributed by atoms with Crippen molar-refractivity contribution in [2.24, 2.45) is 0 Å². The summed E-state index contributed by atoms with van der Waals surface area (Å²) in [4.78, 5) is 2.63. The first-order valence-electron chi connectivity index (χ1n) is 6.12. The maximum atomic E-state index is 11.9. The van der Waals surface area contributed by atoms with E-state index in [-0.39, 0.29) is 0 Å². The summed E-state index contributed by atoms with van der Waals surface area (Å²) in [5.41, 5.74) is 0. The zero-order valence-electron chi connectivity index (χ0n) is 9.98. The molecule has 2 rings (SSSR count). The first-order chi connectivity index (χ1) is 7.07. The molecule has 2 heterocycles. The third kappa shape index (κ3) is 2.83. The number of nitrogens with zero attached hydrogens (tertiary/aromatic N) is 2. The monoisotopic (exact) mass is 230 g/mol. The van der Waals surface area contributed by atoms with Crippen LogP contribution in [-0.4, -0.2) is 55.1 Å². The van der Waals surface area contributed by atoms with Gasteiger partial charge < -0.3 is 9.46 Å². The van der Waals surface area contributed by atoms with Gasteiger partial charge in [0.25, 0.3) is 0 Å². The molecule has 2 aliphatic heterocycles. The molecule has 0 aliphatic carbocycles. The van der Waals surface area contributed by atoms with E-state index in [1.807, 2.05) is 13.3 Å². The van der Waals surface area contributed by atoms with Gasteiger partial charge in [0.1, 0.15) is 7.29 Å². The van der Waals surface area contributed by atoms with Gasteiger partial charge in [-0.3, -0.25) is 4.67 Å². The lowest BCUT2D eigenvalue weighted by molar-refractivity contribution is 0.167. The Bertz CT molecular complexity index is 249. The minimum Gasteiger partial charge on any atom is -0.307 e. The average Bonchev–Trinajstić information content (AvgIpc) is 2.69. The summed E-state index contributed by atoms with van der Waals surface area (Å²) in [6.45, 7) is 8.43. The molecular formula is C11H23N2OP. The van der Waals surface area contributed by atoms with Gasteiger partial charge in [0.2, 0.25) is 0 Å². The van der Waals surface area contributed by atoms with Crippen LogP contribution in [0.1, 0.15) is 25.7 Å². The van der Waals surface area contributed by atoms with E-state index in [1.54, 1.807) is 0 Å². The smallest absolute Gasteiger partial charge is 0.144 e. The summed E-state index contributed by atoms with van der Waals surface area (Å²) in [7, 11) is -1.98. The van der Waals surface area contributed by atoms with Gasteiger partial charge in [0, 0.05) is 32.5 Å². The van der Waals surface area contributed by atoms with Crippen molar-refractivity contribution in [2.75, 3.05) is 39.5 Å². The van der Waals surface area contributed by atoms with E-state index in [4.69, 9.17) is 0 Å².